The van der Waals surface area contributed by atoms with Crippen molar-refractivity contribution in [3.8, 4) is 0 Å². The van der Waals surface area contributed by atoms with Crippen molar-refractivity contribution >= 4 is 44.7 Å². The Kier molecular flexibility index (Phi) is 15.6. The minimum atomic E-state index is -4.39. The van der Waals surface area contributed by atoms with Crippen molar-refractivity contribution in [1.82, 2.24) is 0 Å². The topological polar surface area (TPSA) is 46.2 Å². The van der Waals surface area contributed by atoms with Crippen molar-refractivity contribution in [2.45, 2.75) is 6.18 Å². The summed E-state index contributed by atoms with van der Waals surface area (Å²) in [5, 5.41) is 0. The maximum atomic E-state index is 11.9. The van der Waals surface area contributed by atoms with E-state index in [1.54, 1.807) is 0 Å². The van der Waals surface area contributed by atoms with Gasteiger partial charge in [-0.15, -0.1) is 0 Å². The quantitative estimate of drug-likeness (QED) is 0.427. The summed E-state index contributed by atoms with van der Waals surface area (Å²) >= 11 is -2.78. The Morgan fingerprint density at radius 3 is 1.61 bits per heavy atom. The van der Waals surface area contributed by atoms with E-state index in [0.29, 0.717) is 0 Å². The number of hydrogen-bond donors (Lipinski definition) is 0. The maximum absolute atomic E-state index is 11.9. The van der Waals surface area contributed by atoms with Crippen LogP contribution >= 0.6 is 0 Å². The third kappa shape index (κ3) is 15.2. The number of ether oxygens (including phenoxy) is 2. The van der Waals surface area contributed by atoms with Gasteiger partial charge in [-0.2, -0.15) is 13.2 Å². The van der Waals surface area contributed by atoms with Gasteiger partial charge in [-0.05, 0) is 0 Å². The van der Waals surface area contributed by atoms with Gasteiger partial charge in [0.15, 0.2) is 0 Å². The fourth-order valence-electron chi connectivity index (χ4n) is 0.762. The van der Waals surface area contributed by atoms with Crippen LogP contribution < -0.4 is 0 Å². The molecule has 0 amide bonds. The number of alkyl halides is 3. The molecule has 0 heterocycles. The van der Waals surface area contributed by atoms with Gasteiger partial charge in [-0.1, -0.05) is 0 Å². The van der Waals surface area contributed by atoms with Gasteiger partial charge in [0.1, 0.15) is 6.61 Å². The molecular formula is C8H17AlF3NaO5. The molecule has 0 bridgehead atoms. The van der Waals surface area contributed by atoms with Crippen LogP contribution in [0.25, 0.3) is 0 Å². The summed E-state index contributed by atoms with van der Waals surface area (Å²) in [6.07, 6.45) is -4.39. The molecule has 18 heavy (non-hydrogen) atoms. The van der Waals surface area contributed by atoms with Crippen molar-refractivity contribution in [1.29, 1.82) is 0 Å². The second-order valence-corrected chi connectivity index (χ2v) is 4.52. The standard InChI is InChI=1S/2C3H7O2.C2H2F3O.Al.Na.H/c2*1-5-3-2-4;3-2(4,5)1-6;;;/h2*2-3H2,1H3;1H2;;;/q3*-1;+3;;. The van der Waals surface area contributed by atoms with E-state index in [-0.39, 0.29) is 56.0 Å². The zero-order valence-corrected chi connectivity index (χ0v) is 10.9. The van der Waals surface area contributed by atoms with Crippen LogP contribution in [0, 0.1) is 0 Å². The Labute approximate surface area is 132 Å². The molecule has 0 saturated carbocycles. The molecule has 0 fully saturated rings. The summed E-state index contributed by atoms with van der Waals surface area (Å²) in [7, 11) is 2.92. The fraction of sp³-hybridized carbons (Fsp3) is 1.00. The third-order valence-electron chi connectivity index (χ3n) is 1.47. The first kappa shape index (κ1) is 21.4. The van der Waals surface area contributed by atoms with Crippen LogP contribution in [0.3, 0.4) is 0 Å². The van der Waals surface area contributed by atoms with Gasteiger partial charge in [-0.25, -0.2) is 0 Å². The van der Waals surface area contributed by atoms with E-state index in [2.05, 4.69) is 3.79 Å². The van der Waals surface area contributed by atoms with Gasteiger partial charge >= 0.3 is 50.9 Å². The van der Waals surface area contributed by atoms with Crippen molar-refractivity contribution in [3.63, 3.8) is 0 Å². The summed E-state index contributed by atoms with van der Waals surface area (Å²) in [4.78, 5) is 0. The van der Waals surface area contributed by atoms with Crippen LogP contribution in [0.1, 0.15) is 0 Å². The van der Waals surface area contributed by atoms with E-state index < -0.39 is 27.9 Å². The van der Waals surface area contributed by atoms with Crippen LogP contribution in [-0.4, -0.2) is 98.1 Å². The molecule has 0 aromatic heterocycles. The van der Waals surface area contributed by atoms with E-state index >= 15 is 0 Å². The molecule has 0 aromatic carbocycles. The minimum absolute atomic E-state index is 0. The average Bonchev–Trinajstić information content (AvgIpc) is 2.24. The molecule has 0 radical (unpaired) electrons. The molecule has 0 spiro atoms. The van der Waals surface area contributed by atoms with E-state index in [9.17, 15) is 13.2 Å². The first-order chi connectivity index (χ1) is 7.99. The first-order valence-corrected chi connectivity index (χ1v) is 6.30. The molecule has 0 unspecified atom stereocenters. The normalized spacial score (nSPS) is 11.2. The van der Waals surface area contributed by atoms with E-state index in [1.807, 2.05) is 0 Å². The van der Waals surface area contributed by atoms with Crippen molar-refractivity contribution in [2.75, 3.05) is 47.3 Å². The Bertz CT molecular complexity index is 177. The number of halogens is 3. The molecule has 0 aromatic rings. The summed E-state index contributed by atoms with van der Waals surface area (Å²) in [6, 6.07) is 0. The van der Waals surface area contributed by atoms with Crippen molar-refractivity contribution in [2.24, 2.45) is 0 Å². The second kappa shape index (κ2) is 13.1. The van der Waals surface area contributed by atoms with Crippen LogP contribution in [0.2, 0.25) is 0 Å². The van der Waals surface area contributed by atoms with Gasteiger partial charge in [0.2, 0.25) is 0 Å². The van der Waals surface area contributed by atoms with Gasteiger partial charge in [0, 0.05) is 27.4 Å². The fourth-order valence-corrected chi connectivity index (χ4v) is 1.95. The molecular weight excluding hydrogens is 283 g/mol. The van der Waals surface area contributed by atoms with Crippen LogP contribution in [0.5, 0.6) is 0 Å². The summed E-state index contributed by atoms with van der Waals surface area (Å²) in [5.41, 5.74) is 0. The monoisotopic (exact) mass is 300 g/mol. The number of rotatable bonds is 10. The van der Waals surface area contributed by atoms with Gasteiger partial charge < -0.3 is 20.8 Å². The molecule has 0 aliphatic rings. The average molecular weight is 300 g/mol. The third-order valence-corrected chi connectivity index (χ3v) is 2.92. The van der Waals surface area contributed by atoms with Gasteiger partial charge in [0.25, 0.3) is 0 Å². The van der Waals surface area contributed by atoms with Crippen LogP contribution in [0.4, 0.5) is 13.2 Å². The summed E-state index contributed by atoms with van der Waals surface area (Å²) in [6.45, 7) is -0.556. The Morgan fingerprint density at radius 1 is 0.833 bits per heavy atom. The van der Waals surface area contributed by atoms with Crippen molar-refractivity contribution < 1.29 is 34.0 Å². The zero-order valence-electron chi connectivity index (χ0n) is 9.79. The molecule has 0 aliphatic heterocycles. The molecule has 104 valence electrons. The number of hydrogen-bond acceptors (Lipinski definition) is 5. The Morgan fingerprint density at radius 2 is 1.28 bits per heavy atom. The van der Waals surface area contributed by atoms with Gasteiger partial charge in [-0.3, -0.25) is 0 Å². The molecule has 0 atom stereocenters. The van der Waals surface area contributed by atoms with E-state index in [4.69, 9.17) is 17.1 Å². The first-order valence-electron chi connectivity index (χ1n) is 4.89. The Hall–Kier alpha value is 1.12. The molecule has 0 rings (SSSR count). The van der Waals surface area contributed by atoms with Gasteiger partial charge in [0.05, 0.1) is 13.2 Å². The summed E-state index contributed by atoms with van der Waals surface area (Å²) in [5.74, 6) is 0. The van der Waals surface area contributed by atoms with Crippen molar-refractivity contribution in [3.05, 3.63) is 0 Å². The molecule has 0 saturated heterocycles. The van der Waals surface area contributed by atoms with Crippen LogP contribution in [-0.2, 0) is 20.8 Å². The van der Waals surface area contributed by atoms with E-state index in [0.717, 1.165) is 0 Å². The molecule has 5 nitrogen and oxygen atoms in total. The number of methoxy groups -OCH3 is 2. The van der Waals surface area contributed by atoms with E-state index in [1.165, 1.54) is 14.2 Å². The second-order valence-electron chi connectivity index (χ2n) is 2.94. The molecule has 0 aliphatic carbocycles. The van der Waals surface area contributed by atoms with Crippen LogP contribution in [0.15, 0.2) is 0 Å². The predicted molar refractivity (Wildman–Crippen MR) is 60.6 cm³/mol. The zero-order chi connectivity index (χ0) is 13.1. The SMILES string of the molecule is COCC[O][Al]([O]CCOC)[O]CC(F)(F)F.[NaH]. The molecule has 10 heteroatoms. The predicted octanol–water partition coefficient (Wildman–Crippen LogP) is 0.228. The summed E-state index contributed by atoms with van der Waals surface area (Å²) < 4.78 is 59.8. The Balaban J connectivity index is 0. The molecule has 0 N–H and O–H groups in total.